The van der Waals surface area contributed by atoms with E-state index < -0.39 is 0 Å². The number of likely N-dealkylation sites (N-methyl/N-ethyl adjacent to an activating group) is 1. The molecule has 0 unspecified atom stereocenters. The predicted molar refractivity (Wildman–Crippen MR) is 80.5 cm³/mol. The lowest BCUT2D eigenvalue weighted by molar-refractivity contribution is -0.129. The van der Waals surface area contributed by atoms with E-state index in [-0.39, 0.29) is 5.91 Å². The highest BCUT2D eigenvalue weighted by Gasteiger charge is 2.09. The first kappa shape index (κ1) is 14.3. The lowest BCUT2D eigenvalue weighted by Gasteiger charge is -2.17. The number of hydrogen-bond donors (Lipinski definition) is 0. The van der Waals surface area contributed by atoms with Crippen LogP contribution in [0.4, 0.5) is 0 Å². The summed E-state index contributed by atoms with van der Waals surface area (Å²) in [5, 5.41) is 0. The molecule has 0 atom stereocenters. The minimum absolute atomic E-state index is 0.157. The number of rotatable bonds is 5. The van der Waals surface area contributed by atoms with Crippen LogP contribution in [0, 0.1) is 6.92 Å². The van der Waals surface area contributed by atoms with Crippen LogP contribution in [-0.2, 0) is 17.6 Å². The van der Waals surface area contributed by atoms with Crippen molar-refractivity contribution in [3.05, 3.63) is 65.5 Å². The summed E-state index contributed by atoms with van der Waals surface area (Å²) in [6, 6.07) is 12.1. The average Bonchev–Trinajstić information content (AvgIpc) is 2.46. The van der Waals surface area contributed by atoms with Gasteiger partial charge in [-0.3, -0.25) is 9.78 Å². The first-order valence-corrected chi connectivity index (χ1v) is 6.83. The minimum atomic E-state index is 0.157. The monoisotopic (exact) mass is 268 g/mol. The van der Waals surface area contributed by atoms with Crippen molar-refractivity contribution in [2.45, 2.75) is 19.8 Å². The molecule has 0 saturated heterocycles. The number of nitrogens with zero attached hydrogens (tertiary/aromatic N) is 2. The Morgan fingerprint density at radius 1 is 1.15 bits per heavy atom. The second kappa shape index (κ2) is 6.85. The van der Waals surface area contributed by atoms with E-state index >= 15 is 0 Å². The van der Waals surface area contributed by atoms with Crippen LogP contribution in [0.25, 0.3) is 0 Å². The molecule has 0 bridgehead atoms. The maximum Gasteiger partial charge on any atom is 0.226 e. The molecule has 3 heteroatoms. The van der Waals surface area contributed by atoms with E-state index in [1.807, 2.05) is 44.3 Å². The van der Waals surface area contributed by atoms with Crippen LogP contribution in [0.2, 0.25) is 0 Å². The van der Waals surface area contributed by atoms with Crippen molar-refractivity contribution in [1.29, 1.82) is 0 Å². The molecular weight excluding hydrogens is 248 g/mol. The highest BCUT2D eigenvalue weighted by atomic mass is 16.2. The maximum absolute atomic E-state index is 12.2. The number of benzene rings is 1. The summed E-state index contributed by atoms with van der Waals surface area (Å²) in [6.45, 7) is 2.77. The normalized spacial score (nSPS) is 10.3. The quantitative estimate of drug-likeness (QED) is 0.835. The van der Waals surface area contributed by atoms with E-state index in [9.17, 15) is 4.79 Å². The lowest BCUT2D eigenvalue weighted by Crippen LogP contribution is -2.30. The largest absolute Gasteiger partial charge is 0.345 e. The van der Waals surface area contributed by atoms with Crippen molar-refractivity contribution >= 4 is 5.91 Å². The van der Waals surface area contributed by atoms with Crippen LogP contribution < -0.4 is 0 Å². The molecule has 2 aromatic rings. The highest BCUT2D eigenvalue weighted by Crippen LogP contribution is 2.07. The molecule has 104 valence electrons. The molecule has 3 nitrogen and oxygen atoms in total. The van der Waals surface area contributed by atoms with E-state index in [4.69, 9.17) is 0 Å². The Hall–Kier alpha value is -2.16. The third-order valence-electron chi connectivity index (χ3n) is 3.35. The van der Waals surface area contributed by atoms with Crippen LogP contribution in [0.1, 0.15) is 16.7 Å². The van der Waals surface area contributed by atoms with Gasteiger partial charge in [-0.05, 0) is 36.6 Å². The van der Waals surface area contributed by atoms with E-state index in [1.54, 1.807) is 17.3 Å². The molecule has 1 aromatic carbocycles. The van der Waals surface area contributed by atoms with Crippen LogP contribution >= 0.6 is 0 Å². The smallest absolute Gasteiger partial charge is 0.226 e. The van der Waals surface area contributed by atoms with Gasteiger partial charge in [-0.1, -0.05) is 29.8 Å². The van der Waals surface area contributed by atoms with E-state index in [2.05, 4.69) is 11.1 Å². The van der Waals surface area contributed by atoms with Crippen molar-refractivity contribution in [2.24, 2.45) is 0 Å². The second-order valence-electron chi connectivity index (χ2n) is 5.09. The molecule has 1 heterocycles. The number of pyridine rings is 1. The van der Waals surface area contributed by atoms with Crippen LogP contribution in [0.15, 0.2) is 48.8 Å². The van der Waals surface area contributed by atoms with Crippen molar-refractivity contribution in [2.75, 3.05) is 13.6 Å². The fraction of sp³-hybridized carbons (Fsp3) is 0.294. The molecule has 0 fully saturated rings. The van der Waals surface area contributed by atoms with Crippen molar-refractivity contribution in [1.82, 2.24) is 9.88 Å². The van der Waals surface area contributed by atoms with Crippen LogP contribution in [0.3, 0.4) is 0 Å². The molecule has 2 rings (SSSR count). The number of amides is 1. The number of carbonyl (C=O) groups is 1. The zero-order valence-corrected chi connectivity index (χ0v) is 12.0. The van der Waals surface area contributed by atoms with Crippen molar-refractivity contribution < 1.29 is 4.79 Å². The number of carbonyl (C=O) groups excluding carboxylic acids is 1. The van der Waals surface area contributed by atoms with Crippen molar-refractivity contribution in [3.63, 3.8) is 0 Å². The number of aryl methyl sites for hydroxylation is 1. The Morgan fingerprint density at radius 3 is 2.60 bits per heavy atom. The van der Waals surface area contributed by atoms with Gasteiger partial charge in [0.1, 0.15) is 0 Å². The van der Waals surface area contributed by atoms with Gasteiger partial charge in [0.2, 0.25) is 5.91 Å². The molecule has 1 amide bonds. The summed E-state index contributed by atoms with van der Waals surface area (Å²) in [5.74, 6) is 0.157. The Labute approximate surface area is 120 Å². The summed E-state index contributed by atoms with van der Waals surface area (Å²) in [5.41, 5.74) is 3.47. The van der Waals surface area contributed by atoms with Gasteiger partial charge < -0.3 is 4.90 Å². The third-order valence-corrected chi connectivity index (χ3v) is 3.35. The fourth-order valence-corrected chi connectivity index (χ4v) is 2.10. The predicted octanol–water partition coefficient (Wildman–Crippen LogP) is 2.63. The Morgan fingerprint density at radius 2 is 1.90 bits per heavy atom. The minimum Gasteiger partial charge on any atom is -0.345 e. The topological polar surface area (TPSA) is 33.2 Å². The van der Waals surface area contributed by atoms with E-state index in [0.29, 0.717) is 6.42 Å². The molecule has 0 saturated carbocycles. The number of hydrogen-bond acceptors (Lipinski definition) is 2. The summed E-state index contributed by atoms with van der Waals surface area (Å²) >= 11 is 0. The number of aromatic nitrogens is 1. The zero-order chi connectivity index (χ0) is 14.4. The standard InChI is InChI=1S/C17H20N2O/c1-14-4-3-5-16(12-14)13-17(20)19(2)11-8-15-6-9-18-10-7-15/h3-7,9-10,12H,8,11,13H2,1-2H3. The SMILES string of the molecule is Cc1cccc(CC(=O)N(C)CCc2ccncc2)c1. The Kier molecular flexibility index (Phi) is 4.88. The third kappa shape index (κ3) is 4.19. The van der Waals surface area contributed by atoms with Gasteiger partial charge in [-0.2, -0.15) is 0 Å². The van der Waals surface area contributed by atoms with E-state index in [1.165, 1.54) is 11.1 Å². The molecule has 0 aliphatic heterocycles. The first-order chi connectivity index (χ1) is 9.65. The van der Waals surface area contributed by atoms with Crippen LogP contribution in [-0.4, -0.2) is 29.4 Å². The zero-order valence-electron chi connectivity index (χ0n) is 12.0. The van der Waals surface area contributed by atoms with Gasteiger partial charge in [0, 0.05) is 26.0 Å². The molecule has 1 aromatic heterocycles. The van der Waals surface area contributed by atoms with Gasteiger partial charge in [0.15, 0.2) is 0 Å². The summed E-state index contributed by atoms with van der Waals surface area (Å²) < 4.78 is 0. The van der Waals surface area contributed by atoms with Crippen LogP contribution in [0.5, 0.6) is 0 Å². The Bertz CT molecular complexity index is 566. The van der Waals surface area contributed by atoms with Gasteiger partial charge in [0.05, 0.1) is 6.42 Å². The molecule has 20 heavy (non-hydrogen) atoms. The molecule has 0 aliphatic rings. The average molecular weight is 268 g/mol. The summed E-state index contributed by atoms with van der Waals surface area (Å²) in [4.78, 5) is 17.9. The second-order valence-corrected chi connectivity index (χ2v) is 5.09. The fourth-order valence-electron chi connectivity index (χ4n) is 2.10. The molecular formula is C17H20N2O. The summed E-state index contributed by atoms with van der Waals surface area (Å²) in [7, 11) is 1.86. The molecule has 0 spiro atoms. The van der Waals surface area contributed by atoms with E-state index in [0.717, 1.165) is 18.5 Å². The van der Waals surface area contributed by atoms with Gasteiger partial charge in [-0.15, -0.1) is 0 Å². The molecule has 0 N–H and O–H groups in total. The highest BCUT2D eigenvalue weighted by molar-refractivity contribution is 5.78. The maximum atomic E-state index is 12.2. The van der Waals surface area contributed by atoms with Gasteiger partial charge in [-0.25, -0.2) is 0 Å². The lowest BCUT2D eigenvalue weighted by atomic mass is 10.1. The van der Waals surface area contributed by atoms with Crippen molar-refractivity contribution in [3.8, 4) is 0 Å². The molecule has 0 aliphatic carbocycles. The first-order valence-electron chi connectivity index (χ1n) is 6.83. The summed E-state index contributed by atoms with van der Waals surface area (Å²) in [6.07, 6.45) is 4.89. The van der Waals surface area contributed by atoms with Gasteiger partial charge in [0.25, 0.3) is 0 Å². The molecule has 0 radical (unpaired) electrons. The van der Waals surface area contributed by atoms with Gasteiger partial charge >= 0.3 is 0 Å². The Balaban J connectivity index is 1.86.